The van der Waals surface area contributed by atoms with Crippen LogP contribution >= 0.6 is 0 Å². The molecule has 3 N–H and O–H groups in total. The number of methoxy groups -OCH3 is 1. The number of nitrogens with zero attached hydrogens (tertiary/aromatic N) is 2. The topological polar surface area (TPSA) is 100 Å². The van der Waals surface area contributed by atoms with E-state index in [1.54, 1.807) is 19.2 Å². The number of hydrogen-bond acceptors (Lipinski definition) is 6. The number of rotatable bonds is 7. The van der Waals surface area contributed by atoms with Crippen LogP contribution in [0.15, 0.2) is 60.9 Å². The first kappa shape index (κ1) is 18.6. The molecule has 0 aliphatic rings. The number of anilines is 1. The van der Waals surface area contributed by atoms with E-state index in [1.807, 2.05) is 42.5 Å². The van der Waals surface area contributed by atoms with E-state index in [4.69, 9.17) is 4.74 Å². The highest BCUT2D eigenvalue weighted by Gasteiger charge is 2.16. The lowest BCUT2D eigenvalue weighted by Gasteiger charge is -2.17. The minimum Gasteiger partial charge on any atom is -0.496 e. The minimum atomic E-state index is -0.297. The molecule has 29 heavy (non-hydrogen) atoms. The molecule has 0 bridgehead atoms. The molecule has 7 nitrogen and oxygen atoms in total. The number of hydrogen-bond donors (Lipinski definition) is 3. The number of nitrogens with one attached hydrogen (secondary N) is 2. The molecule has 0 amide bonds. The van der Waals surface area contributed by atoms with E-state index in [-0.39, 0.29) is 12.6 Å². The Morgan fingerprint density at radius 1 is 1.17 bits per heavy atom. The zero-order chi connectivity index (χ0) is 20.2. The molecular weight excluding hydrogens is 368 g/mol. The van der Waals surface area contributed by atoms with E-state index in [0.717, 1.165) is 28.5 Å². The Balaban J connectivity index is 1.74. The molecule has 2 aromatic heterocycles. The number of aliphatic hydroxyl groups is 1. The monoisotopic (exact) mass is 388 g/mol. The Hall–Kier alpha value is -3.71. The predicted molar refractivity (Wildman–Crippen MR) is 111 cm³/mol. The van der Waals surface area contributed by atoms with E-state index >= 15 is 0 Å². The van der Waals surface area contributed by atoms with Crippen LogP contribution < -0.4 is 10.1 Å². The van der Waals surface area contributed by atoms with Crippen molar-refractivity contribution in [3.63, 3.8) is 0 Å². The first-order valence-corrected chi connectivity index (χ1v) is 9.13. The van der Waals surface area contributed by atoms with Gasteiger partial charge in [0.1, 0.15) is 29.8 Å². The van der Waals surface area contributed by atoms with Gasteiger partial charge in [-0.05, 0) is 23.8 Å². The second-order valence-corrected chi connectivity index (χ2v) is 6.54. The first-order valence-electron chi connectivity index (χ1n) is 9.13. The van der Waals surface area contributed by atoms with Gasteiger partial charge in [-0.25, -0.2) is 9.97 Å². The molecule has 0 saturated heterocycles. The van der Waals surface area contributed by atoms with Crippen LogP contribution in [0.1, 0.15) is 22.0 Å². The lowest BCUT2D eigenvalue weighted by atomic mass is 10.1. The number of benzene rings is 2. The number of H-pyrrole nitrogens is 1. The normalized spacial score (nSPS) is 11.9. The highest BCUT2D eigenvalue weighted by Crippen LogP contribution is 2.34. The van der Waals surface area contributed by atoms with Crippen LogP contribution in [0, 0.1) is 0 Å². The number of carbonyl (C=O) groups excluding carboxylic acids is 1. The average molecular weight is 388 g/mol. The molecule has 1 unspecified atom stereocenters. The summed E-state index contributed by atoms with van der Waals surface area (Å²) in [4.78, 5) is 23.0. The number of fused-ring (bicyclic) bond motifs is 1. The molecule has 1 atom stereocenters. The summed E-state index contributed by atoms with van der Waals surface area (Å²) in [5.74, 6) is 1.20. The molecule has 7 heteroatoms. The van der Waals surface area contributed by atoms with Crippen LogP contribution in [-0.2, 0) is 0 Å². The van der Waals surface area contributed by atoms with E-state index in [0.29, 0.717) is 22.8 Å². The van der Waals surface area contributed by atoms with Crippen LogP contribution in [0.2, 0.25) is 0 Å². The van der Waals surface area contributed by atoms with Crippen LogP contribution in [0.25, 0.3) is 22.3 Å². The number of aliphatic hydroxyl groups excluding tert-OH is 1. The maximum absolute atomic E-state index is 11.0. The van der Waals surface area contributed by atoms with Gasteiger partial charge in [0.2, 0.25) is 0 Å². The molecule has 4 rings (SSSR count). The fourth-order valence-electron chi connectivity index (χ4n) is 3.29. The van der Waals surface area contributed by atoms with Crippen LogP contribution in [-0.4, -0.2) is 40.1 Å². The highest BCUT2D eigenvalue weighted by molar-refractivity contribution is 5.92. The quantitative estimate of drug-likeness (QED) is 0.418. The number of ether oxygens (including phenoxy) is 1. The summed E-state index contributed by atoms with van der Waals surface area (Å²) < 4.78 is 5.44. The van der Waals surface area contributed by atoms with Gasteiger partial charge in [-0.2, -0.15) is 0 Å². The molecular formula is C22H20N4O3. The highest BCUT2D eigenvalue weighted by atomic mass is 16.5. The number of aromatic amines is 1. The summed E-state index contributed by atoms with van der Waals surface area (Å²) in [7, 11) is 1.56. The molecule has 146 valence electrons. The summed E-state index contributed by atoms with van der Waals surface area (Å²) in [5, 5.41) is 13.9. The Labute approximate surface area is 167 Å². The van der Waals surface area contributed by atoms with Gasteiger partial charge in [-0.15, -0.1) is 0 Å². The molecule has 0 spiro atoms. The zero-order valence-corrected chi connectivity index (χ0v) is 15.8. The van der Waals surface area contributed by atoms with E-state index in [9.17, 15) is 9.90 Å². The Morgan fingerprint density at radius 2 is 2.00 bits per heavy atom. The summed E-state index contributed by atoms with van der Waals surface area (Å²) >= 11 is 0. The van der Waals surface area contributed by atoms with Crippen molar-refractivity contribution in [1.29, 1.82) is 0 Å². The van der Waals surface area contributed by atoms with Gasteiger partial charge in [0.05, 0.1) is 30.8 Å². The number of aldehydes is 1. The SMILES string of the molecule is COc1cc(C=O)ccc1-c1cc2c(NC(CO)c3ccccc3)ncnc2[nH]1. The Bertz CT molecular complexity index is 1140. The smallest absolute Gasteiger partial charge is 0.150 e. The largest absolute Gasteiger partial charge is 0.496 e. The molecule has 0 fully saturated rings. The maximum Gasteiger partial charge on any atom is 0.150 e. The molecule has 0 aliphatic heterocycles. The molecule has 0 saturated carbocycles. The predicted octanol–water partition coefficient (Wildman–Crippen LogP) is 3.59. The molecule has 0 aliphatic carbocycles. The third-order valence-electron chi connectivity index (χ3n) is 4.77. The van der Waals surface area contributed by atoms with Gasteiger partial charge in [0, 0.05) is 11.1 Å². The van der Waals surface area contributed by atoms with E-state index in [1.165, 1.54) is 6.33 Å². The van der Waals surface area contributed by atoms with Crippen molar-refractivity contribution in [2.24, 2.45) is 0 Å². The summed E-state index contributed by atoms with van der Waals surface area (Å²) in [6.07, 6.45) is 2.25. The molecule has 2 aromatic carbocycles. The van der Waals surface area contributed by atoms with Gasteiger partial charge in [0.15, 0.2) is 0 Å². The van der Waals surface area contributed by atoms with Gasteiger partial charge >= 0.3 is 0 Å². The summed E-state index contributed by atoms with van der Waals surface area (Å²) in [6, 6.07) is 16.6. The molecule has 4 aromatic rings. The summed E-state index contributed by atoms with van der Waals surface area (Å²) in [5.41, 5.74) is 3.76. The van der Waals surface area contributed by atoms with Crippen LogP contribution in [0.4, 0.5) is 5.82 Å². The van der Waals surface area contributed by atoms with Crippen molar-refractivity contribution in [3.8, 4) is 17.0 Å². The van der Waals surface area contributed by atoms with Crippen molar-refractivity contribution in [2.75, 3.05) is 19.0 Å². The molecule has 2 heterocycles. The van der Waals surface area contributed by atoms with Gasteiger partial charge in [-0.3, -0.25) is 4.79 Å². The average Bonchev–Trinajstić information content (AvgIpc) is 3.22. The number of carbonyl (C=O) groups is 1. The van der Waals surface area contributed by atoms with E-state index in [2.05, 4.69) is 20.3 Å². The van der Waals surface area contributed by atoms with Crippen LogP contribution in [0.3, 0.4) is 0 Å². The third-order valence-corrected chi connectivity index (χ3v) is 4.77. The zero-order valence-electron chi connectivity index (χ0n) is 15.8. The maximum atomic E-state index is 11.0. The minimum absolute atomic E-state index is 0.0756. The summed E-state index contributed by atoms with van der Waals surface area (Å²) in [6.45, 7) is -0.0756. The van der Waals surface area contributed by atoms with Gasteiger partial charge in [-0.1, -0.05) is 36.4 Å². The van der Waals surface area contributed by atoms with Crippen molar-refractivity contribution >= 4 is 23.1 Å². The second kappa shape index (κ2) is 8.12. The fourth-order valence-corrected chi connectivity index (χ4v) is 3.29. The van der Waals surface area contributed by atoms with Gasteiger partial charge < -0.3 is 20.1 Å². The van der Waals surface area contributed by atoms with Crippen molar-refractivity contribution < 1.29 is 14.6 Å². The first-order chi connectivity index (χ1) is 14.2. The lowest BCUT2D eigenvalue weighted by Crippen LogP contribution is -2.15. The number of aromatic nitrogens is 3. The van der Waals surface area contributed by atoms with Crippen molar-refractivity contribution in [1.82, 2.24) is 15.0 Å². The molecule has 0 radical (unpaired) electrons. The van der Waals surface area contributed by atoms with Crippen molar-refractivity contribution in [3.05, 3.63) is 72.1 Å². The lowest BCUT2D eigenvalue weighted by molar-refractivity contribution is 0.112. The second-order valence-electron chi connectivity index (χ2n) is 6.54. The van der Waals surface area contributed by atoms with E-state index < -0.39 is 0 Å². The standard InChI is InChI=1S/C22H20N4O3/c1-29-20-9-14(11-27)7-8-16(20)18-10-17-21(25-18)23-13-24-22(17)26-19(12-28)15-5-3-2-4-6-15/h2-11,13,19,28H,12H2,1H3,(H2,23,24,25,26). The Morgan fingerprint density at radius 3 is 2.72 bits per heavy atom. The fraction of sp³-hybridized carbons (Fsp3) is 0.136. The van der Waals surface area contributed by atoms with Crippen LogP contribution in [0.5, 0.6) is 5.75 Å². The Kier molecular flexibility index (Phi) is 5.22. The van der Waals surface area contributed by atoms with Crippen molar-refractivity contribution in [2.45, 2.75) is 6.04 Å². The third kappa shape index (κ3) is 3.68. The van der Waals surface area contributed by atoms with Gasteiger partial charge in [0.25, 0.3) is 0 Å².